The molecule has 1 N–H and O–H groups in total. The number of amides is 2. The van der Waals surface area contributed by atoms with Crippen molar-refractivity contribution in [2.75, 3.05) is 25.0 Å². The van der Waals surface area contributed by atoms with E-state index in [0.29, 0.717) is 31.7 Å². The maximum Gasteiger partial charge on any atom is 0.260 e. The van der Waals surface area contributed by atoms with Crippen molar-refractivity contribution in [2.45, 2.75) is 19.8 Å². The van der Waals surface area contributed by atoms with Crippen LogP contribution in [0.25, 0.3) is 5.69 Å². The van der Waals surface area contributed by atoms with Crippen molar-refractivity contribution in [3.05, 3.63) is 72.6 Å². The van der Waals surface area contributed by atoms with Gasteiger partial charge in [0.2, 0.25) is 5.91 Å². The minimum absolute atomic E-state index is 0.0121. The van der Waals surface area contributed by atoms with Gasteiger partial charge in [0.25, 0.3) is 5.91 Å². The quantitative estimate of drug-likeness (QED) is 0.665. The van der Waals surface area contributed by atoms with Crippen molar-refractivity contribution in [3.8, 4) is 11.4 Å². The molecule has 0 atom stereocenters. The predicted molar refractivity (Wildman–Crippen MR) is 118 cm³/mol. The molecule has 2 amide bonds. The lowest BCUT2D eigenvalue weighted by molar-refractivity contribution is -0.136. The van der Waals surface area contributed by atoms with E-state index in [1.54, 1.807) is 11.1 Å². The molecular weight excluding hydrogens is 392 g/mol. The number of hydrogen-bond donors (Lipinski definition) is 1. The molecule has 2 aromatic carbocycles. The van der Waals surface area contributed by atoms with E-state index < -0.39 is 0 Å². The van der Waals surface area contributed by atoms with Gasteiger partial charge in [-0.2, -0.15) is 5.10 Å². The fourth-order valence-electron chi connectivity index (χ4n) is 3.74. The fourth-order valence-corrected chi connectivity index (χ4v) is 3.74. The Hall–Kier alpha value is -3.61. The Bertz CT molecular complexity index is 1040. The van der Waals surface area contributed by atoms with Gasteiger partial charge < -0.3 is 15.0 Å². The number of aromatic nitrogens is 2. The predicted octanol–water partition coefficient (Wildman–Crippen LogP) is 3.44. The van der Waals surface area contributed by atoms with Gasteiger partial charge in [0, 0.05) is 36.6 Å². The Morgan fingerprint density at radius 3 is 2.55 bits per heavy atom. The number of rotatable bonds is 6. The second kappa shape index (κ2) is 9.47. The van der Waals surface area contributed by atoms with Crippen LogP contribution >= 0.6 is 0 Å². The van der Waals surface area contributed by atoms with E-state index in [1.165, 1.54) is 0 Å². The summed E-state index contributed by atoms with van der Waals surface area (Å²) in [5.74, 6) is 0.499. The third-order valence-electron chi connectivity index (χ3n) is 5.51. The fraction of sp³-hybridized carbons (Fsp3) is 0.292. The van der Waals surface area contributed by atoms with Gasteiger partial charge in [-0.15, -0.1) is 0 Å². The molecule has 160 valence electrons. The molecule has 2 heterocycles. The smallest absolute Gasteiger partial charge is 0.260 e. The minimum atomic E-state index is -0.116. The van der Waals surface area contributed by atoms with Crippen LogP contribution < -0.4 is 10.1 Å². The second-order valence-electron chi connectivity index (χ2n) is 7.68. The number of carbonyl (C=O) groups is 2. The maximum atomic E-state index is 12.8. The van der Waals surface area contributed by atoms with Crippen molar-refractivity contribution in [1.29, 1.82) is 0 Å². The van der Waals surface area contributed by atoms with Crippen LogP contribution in [-0.2, 0) is 9.59 Å². The van der Waals surface area contributed by atoms with Crippen LogP contribution in [0.3, 0.4) is 0 Å². The third kappa shape index (κ3) is 5.12. The summed E-state index contributed by atoms with van der Waals surface area (Å²) in [5, 5.41) is 7.33. The molecule has 3 aromatic rings. The van der Waals surface area contributed by atoms with Gasteiger partial charge in [-0.1, -0.05) is 24.3 Å². The van der Waals surface area contributed by atoms with Gasteiger partial charge in [-0.25, -0.2) is 4.68 Å². The number of hydrogen-bond acceptors (Lipinski definition) is 4. The monoisotopic (exact) mass is 418 g/mol. The first-order valence-electron chi connectivity index (χ1n) is 10.5. The topological polar surface area (TPSA) is 76.5 Å². The number of nitrogens with zero attached hydrogens (tertiary/aromatic N) is 3. The molecule has 4 rings (SSSR count). The van der Waals surface area contributed by atoms with E-state index >= 15 is 0 Å². The number of likely N-dealkylation sites (tertiary alicyclic amines) is 1. The zero-order valence-corrected chi connectivity index (χ0v) is 17.5. The summed E-state index contributed by atoms with van der Waals surface area (Å²) in [6, 6.07) is 18.9. The Morgan fingerprint density at radius 2 is 1.84 bits per heavy atom. The third-order valence-corrected chi connectivity index (χ3v) is 5.51. The lowest BCUT2D eigenvalue weighted by atomic mass is 9.95. The molecule has 0 bridgehead atoms. The van der Waals surface area contributed by atoms with E-state index in [2.05, 4.69) is 10.4 Å². The molecule has 1 aliphatic rings. The first-order chi connectivity index (χ1) is 15.1. The van der Waals surface area contributed by atoms with Gasteiger partial charge in [0.05, 0.1) is 5.69 Å². The Kier molecular flexibility index (Phi) is 6.31. The normalized spacial score (nSPS) is 14.3. The Morgan fingerprint density at radius 1 is 1.06 bits per heavy atom. The van der Waals surface area contributed by atoms with E-state index in [4.69, 9.17) is 4.74 Å². The van der Waals surface area contributed by atoms with E-state index in [9.17, 15) is 9.59 Å². The van der Waals surface area contributed by atoms with Crippen LogP contribution in [0.1, 0.15) is 18.5 Å². The van der Waals surface area contributed by atoms with Crippen LogP contribution in [0.2, 0.25) is 0 Å². The summed E-state index contributed by atoms with van der Waals surface area (Å²) >= 11 is 0. The number of piperidine rings is 1. The second-order valence-corrected chi connectivity index (χ2v) is 7.68. The maximum absolute atomic E-state index is 12.8. The number of carbonyl (C=O) groups excluding carboxylic acids is 2. The number of benzene rings is 2. The first-order valence-corrected chi connectivity index (χ1v) is 10.5. The van der Waals surface area contributed by atoms with Crippen LogP contribution in [0.4, 0.5) is 5.69 Å². The zero-order chi connectivity index (χ0) is 21.6. The highest BCUT2D eigenvalue weighted by Crippen LogP contribution is 2.21. The van der Waals surface area contributed by atoms with Crippen LogP contribution in [0.5, 0.6) is 5.75 Å². The molecule has 0 aliphatic carbocycles. The highest BCUT2D eigenvalue weighted by molar-refractivity contribution is 5.93. The molecular formula is C24H26N4O3. The molecule has 1 aromatic heterocycles. The summed E-state index contributed by atoms with van der Waals surface area (Å²) < 4.78 is 7.38. The molecule has 0 unspecified atom stereocenters. The average molecular weight is 418 g/mol. The van der Waals surface area contributed by atoms with Crippen molar-refractivity contribution in [1.82, 2.24) is 14.7 Å². The average Bonchev–Trinajstić information content (AvgIpc) is 3.24. The van der Waals surface area contributed by atoms with E-state index in [-0.39, 0.29) is 24.3 Å². The Labute approximate surface area is 181 Å². The summed E-state index contributed by atoms with van der Waals surface area (Å²) in [4.78, 5) is 26.9. The minimum Gasteiger partial charge on any atom is -0.484 e. The SMILES string of the molecule is Cc1ccnn1-c1cccc(NC(=O)C2CCN(C(=O)COc3ccccc3)CC2)c1. The van der Waals surface area contributed by atoms with Crippen molar-refractivity contribution in [2.24, 2.45) is 5.92 Å². The molecule has 0 saturated carbocycles. The number of ether oxygens (including phenoxy) is 1. The number of anilines is 1. The van der Waals surface area contributed by atoms with Crippen molar-refractivity contribution < 1.29 is 14.3 Å². The standard InChI is InChI=1S/C24H26N4O3/c1-18-10-13-25-28(18)21-7-5-6-20(16-21)26-24(30)19-11-14-27(15-12-19)23(29)17-31-22-8-3-2-4-9-22/h2-10,13,16,19H,11-12,14-15,17H2,1H3,(H,26,30). The molecule has 1 aliphatic heterocycles. The largest absolute Gasteiger partial charge is 0.484 e. The highest BCUT2D eigenvalue weighted by Gasteiger charge is 2.27. The summed E-state index contributed by atoms with van der Waals surface area (Å²) in [7, 11) is 0. The molecule has 1 fully saturated rings. The summed E-state index contributed by atoms with van der Waals surface area (Å²) in [6.45, 7) is 3.11. The zero-order valence-electron chi connectivity index (χ0n) is 17.5. The number of nitrogens with one attached hydrogen (secondary N) is 1. The molecule has 31 heavy (non-hydrogen) atoms. The van der Waals surface area contributed by atoms with Gasteiger partial charge in [-0.05, 0) is 56.2 Å². The first kappa shape index (κ1) is 20.7. The van der Waals surface area contributed by atoms with E-state index in [0.717, 1.165) is 17.1 Å². The van der Waals surface area contributed by atoms with Gasteiger partial charge in [-0.3, -0.25) is 9.59 Å². The molecule has 0 spiro atoms. The van der Waals surface area contributed by atoms with Crippen LogP contribution in [0.15, 0.2) is 66.9 Å². The lowest BCUT2D eigenvalue weighted by Gasteiger charge is -2.31. The molecule has 0 radical (unpaired) electrons. The molecule has 7 heteroatoms. The van der Waals surface area contributed by atoms with Crippen molar-refractivity contribution in [3.63, 3.8) is 0 Å². The van der Waals surface area contributed by atoms with E-state index in [1.807, 2.05) is 72.3 Å². The molecule has 1 saturated heterocycles. The van der Waals surface area contributed by atoms with Gasteiger partial charge >= 0.3 is 0 Å². The lowest BCUT2D eigenvalue weighted by Crippen LogP contribution is -2.43. The number of aryl methyl sites for hydroxylation is 1. The van der Waals surface area contributed by atoms with Crippen molar-refractivity contribution >= 4 is 17.5 Å². The summed E-state index contributed by atoms with van der Waals surface area (Å²) in [5.41, 5.74) is 2.67. The highest BCUT2D eigenvalue weighted by atomic mass is 16.5. The van der Waals surface area contributed by atoms with Gasteiger partial charge in [0.1, 0.15) is 5.75 Å². The number of para-hydroxylation sites is 1. The summed E-state index contributed by atoms with van der Waals surface area (Å²) in [6.07, 6.45) is 3.03. The van der Waals surface area contributed by atoms with Crippen LogP contribution in [0, 0.1) is 12.8 Å². The molecule has 7 nitrogen and oxygen atoms in total. The van der Waals surface area contributed by atoms with Crippen LogP contribution in [-0.4, -0.2) is 46.2 Å². The Balaban J connectivity index is 1.28. The van der Waals surface area contributed by atoms with Gasteiger partial charge in [0.15, 0.2) is 6.61 Å².